The van der Waals surface area contributed by atoms with E-state index in [1.54, 1.807) is 6.20 Å². The van der Waals surface area contributed by atoms with Crippen molar-refractivity contribution in [2.24, 2.45) is 5.92 Å². The van der Waals surface area contributed by atoms with Crippen LogP contribution in [0.2, 0.25) is 0 Å². The number of aryl methyl sites for hydroxylation is 2. The van der Waals surface area contributed by atoms with Gasteiger partial charge in [-0.05, 0) is 54.0 Å². The van der Waals surface area contributed by atoms with Crippen LogP contribution in [0.5, 0.6) is 0 Å². The first-order valence-electron chi connectivity index (χ1n) is 12.7. The number of nitrogens with zero attached hydrogens (tertiary/aromatic N) is 3. The molecule has 2 amide bonds. The Morgan fingerprint density at radius 2 is 1.51 bits per heavy atom. The Hall–Kier alpha value is -3.47. The monoisotopic (exact) mass is 469 g/mol. The highest BCUT2D eigenvalue weighted by Gasteiger charge is 2.30. The van der Waals surface area contributed by atoms with Crippen molar-refractivity contribution in [1.29, 1.82) is 0 Å². The number of benzene rings is 2. The first-order chi connectivity index (χ1) is 17.1. The molecule has 0 aliphatic carbocycles. The minimum atomic E-state index is -0.0558. The maximum Gasteiger partial charge on any atom is 0.226 e. The van der Waals surface area contributed by atoms with Gasteiger partial charge in [-0.25, -0.2) is 0 Å². The molecule has 5 nitrogen and oxygen atoms in total. The molecule has 3 aromatic rings. The zero-order chi connectivity index (χ0) is 24.5. The molecule has 4 rings (SSSR count). The number of rotatable bonds is 9. The molecule has 1 aliphatic rings. The van der Waals surface area contributed by atoms with E-state index in [4.69, 9.17) is 0 Å². The molecule has 0 atom stereocenters. The van der Waals surface area contributed by atoms with Gasteiger partial charge in [-0.1, -0.05) is 67.6 Å². The molecule has 1 aromatic heterocycles. The largest absolute Gasteiger partial charge is 0.343 e. The fourth-order valence-electron chi connectivity index (χ4n) is 4.71. The second-order valence-corrected chi connectivity index (χ2v) is 9.37. The summed E-state index contributed by atoms with van der Waals surface area (Å²) in [6.07, 6.45) is 7.29. The highest BCUT2D eigenvalue weighted by Crippen LogP contribution is 2.23. The van der Waals surface area contributed by atoms with Crippen LogP contribution in [0.15, 0.2) is 79.1 Å². The summed E-state index contributed by atoms with van der Waals surface area (Å²) in [5.74, 6) is 0.299. The van der Waals surface area contributed by atoms with Gasteiger partial charge in [0.1, 0.15) is 0 Å². The molecule has 0 N–H and O–H groups in total. The number of piperidine rings is 1. The average Bonchev–Trinajstić information content (AvgIpc) is 2.92. The van der Waals surface area contributed by atoms with Gasteiger partial charge in [0.15, 0.2) is 0 Å². The van der Waals surface area contributed by atoms with E-state index >= 15 is 0 Å². The fourth-order valence-corrected chi connectivity index (χ4v) is 4.71. The van der Waals surface area contributed by atoms with Crippen LogP contribution in [0, 0.1) is 5.92 Å². The highest BCUT2D eigenvalue weighted by molar-refractivity contribution is 5.80. The summed E-state index contributed by atoms with van der Waals surface area (Å²) < 4.78 is 0. The summed E-state index contributed by atoms with van der Waals surface area (Å²) in [6, 6.07) is 22.6. The molecule has 35 heavy (non-hydrogen) atoms. The van der Waals surface area contributed by atoms with Crippen LogP contribution in [0.25, 0.3) is 0 Å². The molecular formula is C30H35N3O2. The van der Waals surface area contributed by atoms with E-state index in [9.17, 15) is 9.59 Å². The standard InChI is InChI=1S/C30H35N3O2/c1-2-24-10-12-26(13-11-24)22-33(23-27-9-6-18-31-21-27)30(35)28-16-19-32(20-17-28)29(34)15-14-25-7-4-3-5-8-25/h3-13,18,21,28H,2,14-17,19-20,22-23H2,1H3. The van der Waals surface area contributed by atoms with Gasteiger partial charge in [-0.2, -0.15) is 0 Å². The van der Waals surface area contributed by atoms with E-state index in [1.807, 2.05) is 46.3 Å². The molecule has 2 heterocycles. The Bertz CT molecular complexity index is 1080. The third kappa shape index (κ3) is 7.01. The molecule has 0 saturated carbocycles. The summed E-state index contributed by atoms with van der Waals surface area (Å²) in [4.78, 5) is 34.5. The molecule has 5 heteroatoms. The molecule has 0 radical (unpaired) electrons. The van der Waals surface area contributed by atoms with Crippen molar-refractivity contribution in [1.82, 2.24) is 14.8 Å². The van der Waals surface area contributed by atoms with Gasteiger partial charge in [-0.15, -0.1) is 0 Å². The summed E-state index contributed by atoms with van der Waals surface area (Å²) >= 11 is 0. The number of pyridine rings is 1. The normalized spacial score (nSPS) is 14.0. The Morgan fingerprint density at radius 1 is 0.857 bits per heavy atom. The quantitative estimate of drug-likeness (QED) is 0.441. The average molecular weight is 470 g/mol. The minimum Gasteiger partial charge on any atom is -0.343 e. The van der Waals surface area contributed by atoms with Crippen molar-refractivity contribution >= 4 is 11.8 Å². The molecule has 0 spiro atoms. The third-order valence-electron chi connectivity index (χ3n) is 6.88. The molecule has 0 bridgehead atoms. The molecular weight excluding hydrogens is 434 g/mol. The van der Waals surface area contributed by atoms with Gasteiger partial charge in [0.05, 0.1) is 0 Å². The van der Waals surface area contributed by atoms with Crippen LogP contribution >= 0.6 is 0 Å². The number of hydrogen-bond donors (Lipinski definition) is 0. The van der Waals surface area contributed by atoms with Crippen molar-refractivity contribution in [2.45, 2.75) is 52.1 Å². The van der Waals surface area contributed by atoms with Gasteiger partial charge in [0, 0.05) is 50.9 Å². The Morgan fingerprint density at radius 3 is 2.17 bits per heavy atom. The fraction of sp³-hybridized carbons (Fsp3) is 0.367. The molecule has 1 saturated heterocycles. The lowest BCUT2D eigenvalue weighted by Crippen LogP contribution is -2.44. The van der Waals surface area contributed by atoms with Crippen LogP contribution in [-0.2, 0) is 35.5 Å². The van der Waals surface area contributed by atoms with Crippen molar-refractivity contribution in [3.8, 4) is 0 Å². The maximum atomic E-state index is 13.6. The predicted molar refractivity (Wildman–Crippen MR) is 138 cm³/mol. The number of hydrogen-bond acceptors (Lipinski definition) is 3. The van der Waals surface area contributed by atoms with Gasteiger partial charge >= 0.3 is 0 Å². The van der Waals surface area contributed by atoms with Gasteiger partial charge < -0.3 is 9.80 Å². The SMILES string of the molecule is CCc1ccc(CN(Cc2cccnc2)C(=O)C2CCN(C(=O)CCc3ccccc3)CC2)cc1. The number of carbonyl (C=O) groups is 2. The van der Waals surface area contributed by atoms with Crippen molar-refractivity contribution in [2.75, 3.05) is 13.1 Å². The Kier molecular flexibility index (Phi) is 8.66. The van der Waals surface area contributed by atoms with Crippen LogP contribution < -0.4 is 0 Å². The van der Waals surface area contributed by atoms with E-state index in [-0.39, 0.29) is 17.7 Å². The van der Waals surface area contributed by atoms with E-state index in [2.05, 4.69) is 48.3 Å². The summed E-state index contributed by atoms with van der Waals surface area (Å²) in [5, 5.41) is 0. The number of aromatic nitrogens is 1. The zero-order valence-corrected chi connectivity index (χ0v) is 20.6. The predicted octanol–water partition coefficient (Wildman–Crippen LogP) is 5.04. The molecule has 1 aliphatic heterocycles. The van der Waals surface area contributed by atoms with E-state index < -0.39 is 0 Å². The van der Waals surface area contributed by atoms with E-state index in [0.29, 0.717) is 45.4 Å². The lowest BCUT2D eigenvalue weighted by atomic mass is 9.94. The van der Waals surface area contributed by atoms with Crippen LogP contribution in [-0.4, -0.2) is 39.7 Å². The second-order valence-electron chi connectivity index (χ2n) is 9.37. The first kappa shape index (κ1) is 24.6. The maximum absolute atomic E-state index is 13.6. The lowest BCUT2D eigenvalue weighted by Gasteiger charge is -2.34. The van der Waals surface area contributed by atoms with E-state index in [1.165, 1.54) is 11.1 Å². The van der Waals surface area contributed by atoms with Crippen molar-refractivity contribution in [3.05, 3.63) is 101 Å². The minimum absolute atomic E-state index is 0.0558. The Balaban J connectivity index is 1.36. The summed E-state index contributed by atoms with van der Waals surface area (Å²) in [7, 11) is 0. The number of amides is 2. The Labute approximate surface area is 208 Å². The summed E-state index contributed by atoms with van der Waals surface area (Å²) in [5.41, 5.74) is 4.64. The third-order valence-corrected chi connectivity index (χ3v) is 6.88. The molecule has 0 unspecified atom stereocenters. The molecule has 1 fully saturated rings. The topological polar surface area (TPSA) is 53.5 Å². The van der Waals surface area contributed by atoms with Crippen molar-refractivity contribution < 1.29 is 9.59 Å². The zero-order valence-electron chi connectivity index (χ0n) is 20.6. The van der Waals surface area contributed by atoms with Gasteiger partial charge in [-0.3, -0.25) is 14.6 Å². The highest BCUT2D eigenvalue weighted by atomic mass is 16.2. The lowest BCUT2D eigenvalue weighted by molar-refractivity contribution is -0.141. The van der Waals surface area contributed by atoms with Crippen LogP contribution in [0.4, 0.5) is 0 Å². The number of likely N-dealkylation sites (tertiary alicyclic amines) is 1. The molecule has 2 aromatic carbocycles. The molecule has 182 valence electrons. The van der Waals surface area contributed by atoms with Crippen LogP contribution in [0.3, 0.4) is 0 Å². The second kappa shape index (κ2) is 12.3. The number of carbonyl (C=O) groups excluding carboxylic acids is 2. The van der Waals surface area contributed by atoms with Crippen molar-refractivity contribution in [3.63, 3.8) is 0 Å². The van der Waals surface area contributed by atoms with Gasteiger partial charge in [0.25, 0.3) is 0 Å². The van der Waals surface area contributed by atoms with E-state index in [0.717, 1.165) is 24.0 Å². The first-order valence-corrected chi connectivity index (χ1v) is 12.7. The van der Waals surface area contributed by atoms with Gasteiger partial charge in [0.2, 0.25) is 11.8 Å². The van der Waals surface area contributed by atoms with Crippen LogP contribution in [0.1, 0.15) is 48.4 Å². The summed E-state index contributed by atoms with van der Waals surface area (Å²) in [6.45, 7) is 4.56. The smallest absolute Gasteiger partial charge is 0.226 e.